The topological polar surface area (TPSA) is 120 Å². The zero-order valence-electron chi connectivity index (χ0n) is 21.8. The van der Waals surface area contributed by atoms with Crippen molar-refractivity contribution in [2.45, 2.75) is 26.9 Å². The third-order valence-electron chi connectivity index (χ3n) is 6.29. The molecule has 3 aromatic heterocycles. The summed E-state index contributed by atoms with van der Waals surface area (Å²) in [4.78, 5) is 38.8. The van der Waals surface area contributed by atoms with Gasteiger partial charge in [0.2, 0.25) is 5.95 Å². The summed E-state index contributed by atoms with van der Waals surface area (Å²) in [6.45, 7) is 5.36. The van der Waals surface area contributed by atoms with Crippen LogP contribution in [0.15, 0.2) is 59.5 Å². The van der Waals surface area contributed by atoms with Crippen molar-refractivity contribution in [1.29, 1.82) is 0 Å². The van der Waals surface area contributed by atoms with Gasteiger partial charge in [-0.05, 0) is 56.7 Å². The van der Waals surface area contributed by atoms with Crippen molar-refractivity contribution in [2.75, 3.05) is 10.6 Å². The first-order chi connectivity index (χ1) is 18.9. The van der Waals surface area contributed by atoms with E-state index < -0.39 is 23.3 Å². The van der Waals surface area contributed by atoms with Crippen LogP contribution in [0.5, 0.6) is 0 Å². The molecule has 0 aliphatic heterocycles. The van der Waals surface area contributed by atoms with Gasteiger partial charge in [0, 0.05) is 36.3 Å². The highest BCUT2D eigenvalue weighted by molar-refractivity contribution is 6.04. The van der Waals surface area contributed by atoms with E-state index in [9.17, 15) is 22.8 Å². The van der Waals surface area contributed by atoms with Crippen molar-refractivity contribution in [1.82, 2.24) is 29.3 Å². The first-order valence-corrected chi connectivity index (χ1v) is 12.0. The van der Waals surface area contributed by atoms with E-state index in [-0.39, 0.29) is 22.8 Å². The van der Waals surface area contributed by atoms with E-state index in [0.29, 0.717) is 28.1 Å². The van der Waals surface area contributed by atoms with Gasteiger partial charge in [-0.1, -0.05) is 12.1 Å². The predicted molar refractivity (Wildman–Crippen MR) is 143 cm³/mol. The van der Waals surface area contributed by atoms with Crippen molar-refractivity contribution in [3.8, 4) is 5.69 Å². The summed E-state index contributed by atoms with van der Waals surface area (Å²) in [6.07, 6.45) is -3.02. The molecule has 0 unspecified atom stereocenters. The molecule has 0 spiro atoms. The smallest absolute Gasteiger partial charge is 0.322 e. The number of nitrogens with one attached hydrogen (secondary N) is 2. The number of hydrogen-bond donors (Lipinski definition) is 2. The molecular weight excluding hydrogens is 525 g/mol. The maximum absolute atomic E-state index is 13.2. The number of alkyl halides is 3. The summed E-state index contributed by atoms with van der Waals surface area (Å²) >= 11 is 0. The Morgan fingerprint density at radius 2 is 1.77 bits per heavy atom. The van der Waals surface area contributed by atoms with Gasteiger partial charge in [-0.2, -0.15) is 28.2 Å². The van der Waals surface area contributed by atoms with E-state index in [1.165, 1.54) is 16.7 Å². The van der Waals surface area contributed by atoms with Gasteiger partial charge in [0.05, 0.1) is 22.3 Å². The molecule has 0 bridgehead atoms. The van der Waals surface area contributed by atoms with Gasteiger partial charge in [-0.3, -0.25) is 14.0 Å². The molecule has 5 aromatic rings. The fourth-order valence-corrected chi connectivity index (χ4v) is 4.27. The lowest BCUT2D eigenvalue weighted by Crippen LogP contribution is -2.25. The number of anilines is 3. The van der Waals surface area contributed by atoms with Crippen LogP contribution < -0.4 is 16.3 Å². The maximum Gasteiger partial charge on any atom is 0.416 e. The Labute approximate surface area is 225 Å². The molecule has 0 aliphatic rings. The minimum absolute atomic E-state index is 0.152. The van der Waals surface area contributed by atoms with Gasteiger partial charge in [-0.25, -0.2) is 9.78 Å². The van der Waals surface area contributed by atoms with E-state index in [1.54, 1.807) is 50.0 Å². The lowest BCUT2D eigenvalue weighted by atomic mass is 10.1. The molecule has 10 nitrogen and oxygen atoms in total. The fraction of sp³-hybridized carbons (Fsp3) is 0.185. The molecule has 0 fully saturated rings. The van der Waals surface area contributed by atoms with Crippen molar-refractivity contribution >= 4 is 34.4 Å². The summed E-state index contributed by atoms with van der Waals surface area (Å²) < 4.78 is 42.3. The second kappa shape index (κ2) is 9.91. The molecule has 0 aliphatic carbocycles. The molecule has 2 aromatic carbocycles. The molecule has 3 heterocycles. The summed E-state index contributed by atoms with van der Waals surface area (Å²) in [7, 11) is 1.77. The average molecular weight is 549 g/mol. The highest BCUT2D eigenvalue weighted by atomic mass is 19.4. The van der Waals surface area contributed by atoms with Gasteiger partial charge in [-0.15, -0.1) is 0 Å². The Balaban J connectivity index is 1.48. The monoisotopic (exact) mass is 548 g/mol. The minimum Gasteiger partial charge on any atom is -0.322 e. The van der Waals surface area contributed by atoms with E-state index in [4.69, 9.17) is 0 Å². The Kier molecular flexibility index (Phi) is 6.57. The molecule has 204 valence electrons. The summed E-state index contributed by atoms with van der Waals surface area (Å²) in [5.41, 5.74) is 1.27. The van der Waals surface area contributed by atoms with Crippen LogP contribution in [-0.4, -0.2) is 35.2 Å². The first kappa shape index (κ1) is 26.5. The highest BCUT2D eigenvalue weighted by Gasteiger charge is 2.31. The largest absolute Gasteiger partial charge is 0.416 e. The Morgan fingerprint density at radius 3 is 2.48 bits per heavy atom. The van der Waals surface area contributed by atoms with Gasteiger partial charge >= 0.3 is 11.9 Å². The SMILES string of the molecule is Cc1cc(Nc2ncc3c(C)n(-c4cc(NC(=O)c5cccc(C(F)(F)F)c5)ccc4C)c(=O)nc3n2)n(C)n1. The first-order valence-electron chi connectivity index (χ1n) is 12.0. The zero-order valence-corrected chi connectivity index (χ0v) is 21.8. The number of nitrogens with zero attached hydrogens (tertiary/aromatic N) is 6. The average Bonchev–Trinajstić information content (AvgIpc) is 3.21. The molecule has 13 heteroatoms. The molecule has 5 rings (SSSR count). The molecule has 0 radical (unpaired) electrons. The number of amides is 1. The van der Waals surface area contributed by atoms with Crippen LogP contribution in [-0.2, 0) is 13.2 Å². The van der Waals surface area contributed by atoms with Crippen LogP contribution >= 0.6 is 0 Å². The molecule has 40 heavy (non-hydrogen) atoms. The van der Waals surface area contributed by atoms with Crippen LogP contribution in [0, 0.1) is 20.8 Å². The standard InChI is InChI=1S/C27H23F3N8O2/c1-14-8-9-19(32-24(39)17-6-5-7-18(11-17)27(28,29)30)12-21(14)38-16(3)20-13-31-25(34-23(20)35-26(38)40)33-22-10-15(2)36-37(22)4/h5-13H,1-4H3,(H,32,39)(H,33,34,35,40). The van der Waals surface area contributed by atoms with Crippen LogP contribution in [0.3, 0.4) is 0 Å². The Morgan fingerprint density at radius 1 is 1.00 bits per heavy atom. The molecule has 0 saturated carbocycles. The maximum atomic E-state index is 13.2. The van der Waals surface area contributed by atoms with Crippen LogP contribution in [0.2, 0.25) is 0 Å². The number of carbonyl (C=O) groups is 1. The molecule has 0 atom stereocenters. The van der Waals surface area contributed by atoms with Gasteiger partial charge in [0.25, 0.3) is 5.91 Å². The van der Waals surface area contributed by atoms with Gasteiger partial charge in [0.15, 0.2) is 5.65 Å². The van der Waals surface area contributed by atoms with E-state index in [2.05, 4.69) is 30.7 Å². The van der Waals surface area contributed by atoms with Crippen LogP contribution in [0.25, 0.3) is 16.7 Å². The molecule has 0 saturated heterocycles. The normalized spacial score (nSPS) is 11.6. The zero-order chi connectivity index (χ0) is 28.8. The van der Waals surface area contributed by atoms with Gasteiger partial charge < -0.3 is 10.6 Å². The number of carbonyl (C=O) groups excluding carboxylic acids is 1. The number of halogens is 3. The fourth-order valence-electron chi connectivity index (χ4n) is 4.27. The minimum atomic E-state index is -4.58. The quantitative estimate of drug-likeness (QED) is 0.322. The number of aryl methyl sites for hydroxylation is 4. The summed E-state index contributed by atoms with van der Waals surface area (Å²) in [5, 5.41) is 10.5. The van der Waals surface area contributed by atoms with E-state index in [1.807, 2.05) is 13.0 Å². The lowest BCUT2D eigenvalue weighted by molar-refractivity contribution is -0.137. The predicted octanol–water partition coefficient (Wildman–Crippen LogP) is 4.85. The number of fused-ring (bicyclic) bond motifs is 1. The van der Waals surface area contributed by atoms with Crippen molar-refractivity contribution in [3.05, 3.63) is 93.3 Å². The van der Waals surface area contributed by atoms with Crippen molar-refractivity contribution in [3.63, 3.8) is 0 Å². The van der Waals surface area contributed by atoms with Crippen molar-refractivity contribution < 1.29 is 18.0 Å². The Bertz CT molecular complexity index is 1840. The third kappa shape index (κ3) is 5.13. The number of benzene rings is 2. The summed E-state index contributed by atoms with van der Waals surface area (Å²) in [5.74, 6) is 0.190. The van der Waals surface area contributed by atoms with Crippen LogP contribution in [0.4, 0.5) is 30.6 Å². The van der Waals surface area contributed by atoms with Crippen molar-refractivity contribution in [2.24, 2.45) is 7.05 Å². The Hall–Kier alpha value is -5.07. The molecule has 1 amide bonds. The number of rotatable bonds is 5. The number of aromatic nitrogens is 6. The van der Waals surface area contributed by atoms with E-state index >= 15 is 0 Å². The third-order valence-corrected chi connectivity index (χ3v) is 6.29. The second-order valence-corrected chi connectivity index (χ2v) is 9.20. The molecular formula is C27H23F3N8O2. The lowest BCUT2D eigenvalue weighted by Gasteiger charge is -2.16. The summed E-state index contributed by atoms with van der Waals surface area (Å²) in [6, 6.07) is 10.8. The highest BCUT2D eigenvalue weighted by Crippen LogP contribution is 2.30. The van der Waals surface area contributed by atoms with Gasteiger partial charge in [0.1, 0.15) is 5.82 Å². The molecule has 2 N–H and O–H groups in total. The van der Waals surface area contributed by atoms with E-state index in [0.717, 1.165) is 17.8 Å². The van der Waals surface area contributed by atoms with Crippen LogP contribution in [0.1, 0.15) is 32.9 Å². The number of hydrogen-bond acceptors (Lipinski definition) is 7. The second-order valence-electron chi connectivity index (χ2n) is 9.20.